The summed E-state index contributed by atoms with van der Waals surface area (Å²) in [5.41, 5.74) is 1.20. The van der Waals surface area contributed by atoms with E-state index in [-0.39, 0.29) is 12.7 Å². The van der Waals surface area contributed by atoms with E-state index in [9.17, 15) is 4.39 Å². The second kappa shape index (κ2) is 6.47. The summed E-state index contributed by atoms with van der Waals surface area (Å²) in [5, 5.41) is 3.33. The van der Waals surface area contributed by atoms with Gasteiger partial charge in [0, 0.05) is 36.7 Å². The number of hydrogen-bond acceptors (Lipinski definition) is 2. The standard InChI is InChI=1S/C13H18BrFN2/c14-12-4-2-1-3-11(12)13(5-6-15)17-9-7-16-8-10-17/h1-4,13,16H,5-10H2/t13-/m1/s1. The summed E-state index contributed by atoms with van der Waals surface area (Å²) < 4.78 is 13.8. The summed E-state index contributed by atoms with van der Waals surface area (Å²) in [6.45, 7) is 3.70. The SMILES string of the molecule is FCC[C@H](c1ccccc1Br)N1CCNCC1. The molecular formula is C13H18BrFN2. The van der Waals surface area contributed by atoms with Crippen LogP contribution >= 0.6 is 15.9 Å². The second-order valence-electron chi connectivity index (χ2n) is 4.30. The summed E-state index contributed by atoms with van der Waals surface area (Å²) in [4.78, 5) is 2.37. The van der Waals surface area contributed by atoms with Gasteiger partial charge >= 0.3 is 0 Å². The van der Waals surface area contributed by atoms with Crippen molar-refractivity contribution in [2.45, 2.75) is 12.5 Å². The second-order valence-corrected chi connectivity index (χ2v) is 5.16. The van der Waals surface area contributed by atoms with Crippen LogP contribution in [0.1, 0.15) is 18.0 Å². The molecule has 1 N–H and O–H groups in total. The van der Waals surface area contributed by atoms with Gasteiger partial charge in [-0.05, 0) is 18.1 Å². The summed E-state index contributed by atoms with van der Waals surface area (Å²) in [5.74, 6) is 0. The number of rotatable bonds is 4. The van der Waals surface area contributed by atoms with Crippen molar-refractivity contribution in [2.75, 3.05) is 32.9 Å². The number of benzene rings is 1. The van der Waals surface area contributed by atoms with Crippen molar-refractivity contribution in [3.63, 3.8) is 0 Å². The predicted octanol–water partition coefficient (Wildman–Crippen LogP) is 2.76. The summed E-state index contributed by atoms with van der Waals surface area (Å²) in [7, 11) is 0. The summed E-state index contributed by atoms with van der Waals surface area (Å²) >= 11 is 3.57. The van der Waals surface area contributed by atoms with E-state index in [2.05, 4.69) is 32.2 Å². The molecule has 0 unspecified atom stereocenters. The Morgan fingerprint density at radius 2 is 2.00 bits per heavy atom. The van der Waals surface area contributed by atoms with Crippen molar-refractivity contribution in [3.8, 4) is 0 Å². The maximum Gasteiger partial charge on any atom is 0.0912 e. The molecule has 2 rings (SSSR count). The molecule has 0 radical (unpaired) electrons. The van der Waals surface area contributed by atoms with Gasteiger partial charge in [-0.2, -0.15) is 0 Å². The molecule has 1 atom stereocenters. The molecule has 1 aromatic rings. The Hall–Kier alpha value is -0.450. The van der Waals surface area contributed by atoms with Crippen LogP contribution in [0.4, 0.5) is 4.39 Å². The van der Waals surface area contributed by atoms with E-state index in [0.29, 0.717) is 6.42 Å². The van der Waals surface area contributed by atoms with E-state index >= 15 is 0 Å². The molecule has 1 aromatic carbocycles. The fourth-order valence-electron chi connectivity index (χ4n) is 2.38. The van der Waals surface area contributed by atoms with Crippen LogP contribution in [0, 0.1) is 0 Å². The highest BCUT2D eigenvalue weighted by molar-refractivity contribution is 9.10. The van der Waals surface area contributed by atoms with Gasteiger partial charge in [0.1, 0.15) is 0 Å². The van der Waals surface area contributed by atoms with E-state index < -0.39 is 0 Å². The minimum atomic E-state index is -0.268. The lowest BCUT2D eigenvalue weighted by molar-refractivity contribution is 0.157. The first-order valence-electron chi connectivity index (χ1n) is 6.08. The Morgan fingerprint density at radius 1 is 1.29 bits per heavy atom. The van der Waals surface area contributed by atoms with Crippen LogP contribution in [0.3, 0.4) is 0 Å². The highest BCUT2D eigenvalue weighted by Gasteiger charge is 2.23. The fourth-order valence-corrected chi connectivity index (χ4v) is 2.93. The predicted molar refractivity (Wildman–Crippen MR) is 71.9 cm³/mol. The van der Waals surface area contributed by atoms with Crippen LogP contribution in [0.5, 0.6) is 0 Å². The van der Waals surface area contributed by atoms with Gasteiger partial charge in [0.05, 0.1) is 6.67 Å². The zero-order chi connectivity index (χ0) is 12.1. The lowest BCUT2D eigenvalue weighted by atomic mass is 10.0. The molecule has 17 heavy (non-hydrogen) atoms. The van der Waals surface area contributed by atoms with Gasteiger partial charge in [-0.1, -0.05) is 34.1 Å². The first-order valence-corrected chi connectivity index (χ1v) is 6.87. The molecular weight excluding hydrogens is 283 g/mol. The number of piperazine rings is 1. The molecule has 0 bridgehead atoms. The Labute approximate surface area is 110 Å². The molecule has 0 aromatic heterocycles. The van der Waals surface area contributed by atoms with Gasteiger partial charge in [-0.3, -0.25) is 9.29 Å². The van der Waals surface area contributed by atoms with Gasteiger partial charge < -0.3 is 5.32 Å². The lowest BCUT2D eigenvalue weighted by Crippen LogP contribution is -2.45. The molecule has 4 heteroatoms. The van der Waals surface area contributed by atoms with Crippen molar-refractivity contribution in [1.82, 2.24) is 10.2 Å². The van der Waals surface area contributed by atoms with E-state index in [1.165, 1.54) is 5.56 Å². The third-order valence-electron chi connectivity index (χ3n) is 3.24. The molecule has 0 saturated carbocycles. The molecule has 1 aliphatic rings. The smallest absolute Gasteiger partial charge is 0.0912 e. The monoisotopic (exact) mass is 300 g/mol. The molecule has 94 valence electrons. The molecule has 1 aliphatic heterocycles. The molecule has 0 aliphatic carbocycles. The van der Waals surface area contributed by atoms with Crippen LogP contribution in [0.25, 0.3) is 0 Å². The molecule has 1 saturated heterocycles. The Morgan fingerprint density at radius 3 is 2.65 bits per heavy atom. The lowest BCUT2D eigenvalue weighted by Gasteiger charge is -2.35. The Bertz CT molecular complexity index is 353. The van der Waals surface area contributed by atoms with Gasteiger partial charge in [-0.15, -0.1) is 0 Å². The largest absolute Gasteiger partial charge is 0.314 e. The zero-order valence-electron chi connectivity index (χ0n) is 9.83. The van der Waals surface area contributed by atoms with E-state index in [4.69, 9.17) is 0 Å². The van der Waals surface area contributed by atoms with Crippen molar-refractivity contribution in [2.24, 2.45) is 0 Å². The van der Waals surface area contributed by atoms with Gasteiger partial charge in [-0.25, -0.2) is 0 Å². The first-order chi connectivity index (χ1) is 8.33. The Kier molecular flexibility index (Phi) is 4.95. The maximum atomic E-state index is 12.8. The number of nitrogens with zero attached hydrogens (tertiary/aromatic N) is 1. The molecule has 0 spiro atoms. The third kappa shape index (κ3) is 3.27. The van der Waals surface area contributed by atoms with Gasteiger partial charge in [0.25, 0.3) is 0 Å². The molecule has 0 amide bonds. The fraction of sp³-hybridized carbons (Fsp3) is 0.538. The van der Waals surface area contributed by atoms with Crippen LogP contribution in [-0.4, -0.2) is 37.8 Å². The van der Waals surface area contributed by atoms with Crippen molar-refractivity contribution >= 4 is 15.9 Å². The quantitative estimate of drug-likeness (QED) is 0.920. The highest BCUT2D eigenvalue weighted by atomic mass is 79.9. The normalized spacial score (nSPS) is 19.2. The van der Waals surface area contributed by atoms with Crippen LogP contribution in [0.2, 0.25) is 0 Å². The van der Waals surface area contributed by atoms with Gasteiger partial charge in [0.2, 0.25) is 0 Å². The van der Waals surface area contributed by atoms with E-state index in [1.54, 1.807) is 0 Å². The zero-order valence-corrected chi connectivity index (χ0v) is 11.4. The van der Waals surface area contributed by atoms with Crippen LogP contribution in [-0.2, 0) is 0 Å². The van der Waals surface area contributed by atoms with Crippen molar-refractivity contribution in [3.05, 3.63) is 34.3 Å². The third-order valence-corrected chi connectivity index (χ3v) is 3.96. The molecule has 2 nitrogen and oxygen atoms in total. The average molecular weight is 301 g/mol. The summed E-state index contributed by atoms with van der Waals surface area (Å²) in [6, 6.07) is 8.33. The minimum absolute atomic E-state index is 0.192. The number of halogens is 2. The average Bonchev–Trinajstić information content (AvgIpc) is 2.38. The van der Waals surface area contributed by atoms with Gasteiger partial charge in [0.15, 0.2) is 0 Å². The Balaban J connectivity index is 2.18. The topological polar surface area (TPSA) is 15.3 Å². The summed E-state index contributed by atoms with van der Waals surface area (Å²) in [6.07, 6.45) is 0.572. The number of hydrogen-bond donors (Lipinski definition) is 1. The highest BCUT2D eigenvalue weighted by Crippen LogP contribution is 2.30. The van der Waals surface area contributed by atoms with Crippen LogP contribution in [0.15, 0.2) is 28.7 Å². The van der Waals surface area contributed by atoms with Crippen molar-refractivity contribution < 1.29 is 4.39 Å². The first kappa shape index (κ1) is 13.0. The van der Waals surface area contributed by atoms with Crippen molar-refractivity contribution in [1.29, 1.82) is 0 Å². The number of nitrogens with one attached hydrogen (secondary N) is 1. The number of alkyl halides is 1. The maximum absolute atomic E-state index is 12.8. The van der Waals surface area contributed by atoms with Crippen LogP contribution < -0.4 is 5.32 Å². The minimum Gasteiger partial charge on any atom is -0.314 e. The molecule has 1 heterocycles. The van der Waals surface area contributed by atoms with E-state index in [0.717, 1.165) is 30.7 Å². The molecule has 1 fully saturated rings. The van der Waals surface area contributed by atoms with E-state index in [1.807, 2.05) is 18.2 Å².